The van der Waals surface area contributed by atoms with Crippen molar-refractivity contribution >= 4 is 7.60 Å². The summed E-state index contributed by atoms with van der Waals surface area (Å²) >= 11 is 0. The van der Waals surface area contributed by atoms with Gasteiger partial charge in [-0.3, -0.25) is 4.57 Å². The molecule has 0 aromatic carbocycles. The van der Waals surface area contributed by atoms with E-state index in [9.17, 15) is 9.46 Å². The average molecular weight is 180 g/mol. The van der Waals surface area contributed by atoms with E-state index in [0.29, 0.717) is 0 Å². The van der Waals surface area contributed by atoms with Crippen LogP contribution in [0.3, 0.4) is 0 Å². The van der Waals surface area contributed by atoms with Crippen molar-refractivity contribution in [1.82, 2.24) is 0 Å². The maximum Gasteiger partial charge on any atom is 0.359 e. The zero-order chi connectivity index (χ0) is 8.65. The van der Waals surface area contributed by atoms with Gasteiger partial charge in [0.05, 0.1) is 12.2 Å². The summed E-state index contributed by atoms with van der Waals surface area (Å²) in [7, 11) is -3.49. The van der Waals surface area contributed by atoms with Gasteiger partial charge in [-0.1, -0.05) is 0 Å². The van der Waals surface area contributed by atoms with E-state index < -0.39 is 13.4 Å². The number of hydrogen-bond acceptors (Lipinski definition) is 3. The van der Waals surface area contributed by atoms with Gasteiger partial charge in [0.2, 0.25) is 0 Å². The van der Waals surface area contributed by atoms with Crippen LogP contribution in [0.1, 0.15) is 20.8 Å². The molecule has 1 saturated heterocycles. The summed E-state index contributed by atoms with van der Waals surface area (Å²) in [6.45, 7) is 5.18. The normalized spacial score (nSPS) is 35.4. The van der Waals surface area contributed by atoms with Crippen molar-refractivity contribution in [3.63, 3.8) is 0 Å². The lowest BCUT2D eigenvalue weighted by Crippen LogP contribution is -2.04. The summed E-state index contributed by atoms with van der Waals surface area (Å²) in [4.78, 5) is 9.20. The summed E-state index contributed by atoms with van der Waals surface area (Å²) in [6, 6.07) is 0. The second-order valence-corrected chi connectivity index (χ2v) is 4.80. The molecule has 11 heavy (non-hydrogen) atoms. The molecule has 0 aromatic rings. The molecule has 3 atom stereocenters. The van der Waals surface area contributed by atoms with Crippen LogP contribution in [0.4, 0.5) is 0 Å². The van der Waals surface area contributed by atoms with Crippen molar-refractivity contribution in [3.8, 4) is 0 Å². The highest BCUT2D eigenvalue weighted by molar-refractivity contribution is 7.53. The highest BCUT2D eigenvalue weighted by Crippen LogP contribution is 2.57. The van der Waals surface area contributed by atoms with Gasteiger partial charge >= 0.3 is 7.60 Å². The number of rotatable bonds is 3. The van der Waals surface area contributed by atoms with E-state index in [4.69, 9.17) is 9.26 Å². The predicted octanol–water partition coefficient (Wildman–Crippen LogP) is 1.34. The van der Waals surface area contributed by atoms with Crippen molar-refractivity contribution in [2.75, 3.05) is 0 Å². The van der Waals surface area contributed by atoms with E-state index in [1.54, 1.807) is 20.8 Å². The molecule has 1 rings (SSSR count). The lowest BCUT2D eigenvalue weighted by molar-refractivity contribution is 0.195. The van der Waals surface area contributed by atoms with Crippen molar-refractivity contribution in [2.45, 2.75) is 38.8 Å². The first-order valence-corrected chi connectivity index (χ1v) is 5.24. The topological polar surface area (TPSA) is 59.1 Å². The van der Waals surface area contributed by atoms with Gasteiger partial charge in [-0.15, -0.1) is 0 Å². The van der Waals surface area contributed by atoms with E-state index in [-0.39, 0.29) is 12.2 Å². The Morgan fingerprint density at radius 2 is 2.09 bits per heavy atom. The van der Waals surface area contributed by atoms with Crippen LogP contribution in [0.2, 0.25) is 0 Å². The van der Waals surface area contributed by atoms with Crippen LogP contribution >= 0.6 is 7.60 Å². The van der Waals surface area contributed by atoms with Crippen LogP contribution < -0.4 is 0 Å². The second kappa shape index (κ2) is 2.87. The quantitative estimate of drug-likeness (QED) is 0.526. The Bertz CT molecular complexity index is 191. The smallest absolute Gasteiger partial charge is 0.356 e. The molecule has 0 spiro atoms. The Balaban J connectivity index is 2.47. The van der Waals surface area contributed by atoms with Crippen LogP contribution in [0.15, 0.2) is 0 Å². The van der Waals surface area contributed by atoms with Gasteiger partial charge in [-0.05, 0) is 20.8 Å². The molecule has 3 unspecified atom stereocenters. The third-order valence-electron chi connectivity index (χ3n) is 1.36. The van der Waals surface area contributed by atoms with Gasteiger partial charge < -0.3 is 14.2 Å². The molecular weight excluding hydrogens is 167 g/mol. The zero-order valence-electron chi connectivity index (χ0n) is 6.85. The fraction of sp³-hybridized carbons (Fsp3) is 1.00. The first-order chi connectivity index (χ1) is 4.93. The van der Waals surface area contributed by atoms with Crippen LogP contribution in [-0.4, -0.2) is 22.9 Å². The molecule has 1 aliphatic heterocycles. The first-order valence-electron chi connectivity index (χ1n) is 3.60. The third-order valence-corrected chi connectivity index (χ3v) is 3.27. The van der Waals surface area contributed by atoms with Crippen LogP contribution in [0, 0.1) is 0 Å². The van der Waals surface area contributed by atoms with Crippen LogP contribution in [0.25, 0.3) is 0 Å². The molecule has 0 radical (unpaired) electrons. The van der Waals surface area contributed by atoms with E-state index in [0.717, 1.165) is 0 Å². The summed E-state index contributed by atoms with van der Waals surface area (Å²) < 4.78 is 20.9. The highest BCUT2D eigenvalue weighted by Gasteiger charge is 2.50. The number of epoxide rings is 1. The zero-order valence-corrected chi connectivity index (χ0v) is 7.75. The van der Waals surface area contributed by atoms with Gasteiger partial charge in [-0.25, -0.2) is 0 Å². The van der Waals surface area contributed by atoms with Gasteiger partial charge in [0.15, 0.2) is 5.85 Å². The molecule has 0 bridgehead atoms. The molecule has 1 heterocycles. The lowest BCUT2D eigenvalue weighted by atomic mass is 10.5. The summed E-state index contributed by atoms with van der Waals surface area (Å²) in [5.41, 5.74) is 0. The Kier molecular flexibility index (Phi) is 2.40. The fourth-order valence-corrected chi connectivity index (χ4v) is 2.48. The maximum atomic E-state index is 11.2. The Hall–Kier alpha value is 0.110. The first kappa shape index (κ1) is 9.20. The summed E-state index contributed by atoms with van der Waals surface area (Å²) in [6.07, 6.45) is -0.369. The van der Waals surface area contributed by atoms with Gasteiger partial charge in [-0.2, -0.15) is 0 Å². The van der Waals surface area contributed by atoms with Gasteiger partial charge in [0.25, 0.3) is 0 Å². The summed E-state index contributed by atoms with van der Waals surface area (Å²) in [5, 5.41) is 0. The Labute approximate surface area is 66.0 Å². The standard InChI is InChI=1S/C6H13O4P/c1-4(2)10-11(7,8)6-5(3)9-6/h4-6H,1-3H3,(H,7,8). The minimum Gasteiger partial charge on any atom is -0.356 e. The predicted molar refractivity (Wildman–Crippen MR) is 40.4 cm³/mol. The SMILES string of the molecule is CC(C)OP(=O)(O)C1OC1C. The van der Waals surface area contributed by atoms with E-state index in [1.165, 1.54) is 0 Å². The molecule has 5 heteroatoms. The monoisotopic (exact) mass is 180 g/mol. The fourth-order valence-electron chi connectivity index (χ4n) is 0.879. The van der Waals surface area contributed by atoms with Gasteiger partial charge in [0.1, 0.15) is 0 Å². The minimum absolute atomic E-state index is 0.135. The van der Waals surface area contributed by atoms with Crippen LogP contribution in [-0.2, 0) is 13.8 Å². The molecule has 4 nitrogen and oxygen atoms in total. The minimum atomic E-state index is -3.49. The molecule has 1 N–H and O–H groups in total. The van der Waals surface area contributed by atoms with E-state index in [1.807, 2.05) is 0 Å². The van der Waals surface area contributed by atoms with Crippen molar-refractivity contribution in [1.29, 1.82) is 0 Å². The summed E-state index contributed by atoms with van der Waals surface area (Å²) in [5.74, 6) is -0.593. The number of hydrogen-bond donors (Lipinski definition) is 1. The van der Waals surface area contributed by atoms with E-state index >= 15 is 0 Å². The van der Waals surface area contributed by atoms with Crippen molar-refractivity contribution < 1.29 is 18.7 Å². The maximum absolute atomic E-state index is 11.2. The molecule has 66 valence electrons. The average Bonchev–Trinajstić information content (AvgIpc) is 2.42. The van der Waals surface area contributed by atoms with E-state index in [2.05, 4.69) is 0 Å². The van der Waals surface area contributed by atoms with Gasteiger partial charge in [0, 0.05) is 0 Å². The largest absolute Gasteiger partial charge is 0.359 e. The highest BCUT2D eigenvalue weighted by atomic mass is 31.2. The second-order valence-electron chi connectivity index (χ2n) is 2.95. The van der Waals surface area contributed by atoms with Crippen molar-refractivity contribution in [3.05, 3.63) is 0 Å². The Morgan fingerprint density at radius 3 is 2.36 bits per heavy atom. The number of ether oxygens (including phenoxy) is 1. The molecule has 0 aromatic heterocycles. The molecule has 0 aliphatic carbocycles. The molecular formula is C6H13O4P. The van der Waals surface area contributed by atoms with Crippen molar-refractivity contribution in [2.24, 2.45) is 0 Å². The molecule has 1 aliphatic rings. The molecule has 0 amide bonds. The van der Waals surface area contributed by atoms with Crippen LogP contribution in [0.5, 0.6) is 0 Å². The molecule has 1 fully saturated rings. The lowest BCUT2D eigenvalue weighted by Gasteiger charge is -2.11. The molecule has 0 saturated carbocycles. The Morgan fingerprint density at radius 1 is 1.64 bits per heavy atom. The third kappa shape index (κ3) is 2.27.